The molecule has 1 amide bonds. The Bertz CT molecular complexity index is 418. The largest absolute Gasteiger partial charge is 0.352 e. The zero-order valence-corrected chi connectivity index (χ0v) is 11.9. The number of carbonyl (C=O) groups is 1. The first kappa shape index (κ1) is 14.1. The van der Waals surface area contributed by atoms with E-state index in [4.69, 9.17) is 5.73 Å². The van der Waals surface area contributed by atoms with Gasteiger partial charge in [-0.1, -0.05) is 44.2 Å². The minimum atomic E-state index is -0.559. The van der Waals surface area contributed by atoms with E-state index in [9.17, 15) is 4.79 Å². The third-order valence-electron chi connectivity index (χ3n) is 4.13. The van der Waals surface area contributed by atoms with Crippen LogP contribution in [-0.2, 0) is 4.79 Å². The lowest BCUT2D eigenvalue weighted by Crippen LogP contribution is -2.43. The molecule has 0 heterocycles. The highest BCUT2D eigenvalue weighted by atomic mass is 16.2. The molecule has 1 fully saturated rings. The Morgan fingerprint density at radius 2 is 1.84 bits per heavy atom. The molecule has 0 spiro atoms. The quantitative estimate of drug-likeness (QED) is 0.878. The van der Waals surface area contributed by atoms with Crippen LogP contribution >= 0.6 is 0 Å². The lowest BCUT2D eigenvalue weighted by molar-refractivity contribution is -0.123. The van der Waals surface area contributed by atoms with Crippen molar-refractivity contribution in [2.75, 3.05) is 0 Å². The van der Waals surface area contributed by atoms with Gasteiger partial charge < -0.3 is 11.1 Å². The molecule has 0 unspecified atom stereocenters. The van der Waals surface area contributed by atoms with Gasteiger partial charge in [0.05, 0.1) is 0 Å². The third-order valence-corrected chi connectivity index (χ3v) is 4.13. The predicted molar refractivity (Wildman–Crippen MR) is 77.6 cm³/mol. The minimum Gasteiger partial charge on any atom is -0.352 e. The summed E-state index contributed by atoms with van der Waals surface area (Å²) in [6.07, 6.45) is 4.44. The molecule has 0 saturated heterocycles. The van der Waals surface area contributed by atoms with Gasteiger partial charge in [-0.25, -0.2) is 0 Å². The smallest absolute Gasteiger partial charge is 0.241 e. The fourth-order valence-corrected chi connectivity index (χ4v) is 2.65. The highest BCUT2D eigenvalue weighted by Gasteiger charge is 2.28. The van der Waals surface area contributed by atoms with E-state index in [0.29, 0.717) is 5.41 Å². The number of hydrogen-bond donors (Lipinski definition) is 2. The lowest BCUT2D eigenvalue weighted by Gasteiger charge is -2.35. The number of nitrogens with one attached hydrogen (secondary N) is 1. The Morgan fingerprint density at radius 1 is 1.26 bits per heavy atom. The molecule has 0 aliphatic heterocycles. The van der Waals surface area contributed by atoms with Crippen LogP contribution in [0.2, 0.25) is 0 Å². The van der Waals surface area contributed by atoms with Crippen molar-refractivity contribution >= 4 is 5.91 Å². The summed E-state index contributed by atoms with van der Waals surface area (Å²) < 4.78 is 0. The highest BCUT2D eigenvalue weighted by molar-refractivity contribution is 5.83. The van der Waals surface area contributed by atoms with Crippen LogP contribution in [0.25, 0.3) is 0 Å². The van der Waals surface area contributed by atoms with Gasteiger partial charge in [-0.05, 0) is 36.7 Å². The first-order valence-corrected chi connectivity index (χ1v) is 7.09. The van der Waals surface area contributed by atoms with Gasteiger partial charge >= 0.3 is 0 Å². The minimum absolute atomic E-state index is 0.0593. The average Bonchev–Trinajstić information content (AvgIpc) is 2.41. The van der Waals surface area contributed by atoms with Crippen LogP contribution in [0, 0.1) is 5.41 Å². The molecule has 1 aliphatic carbocycles. The molecule has 1 aliphatic rings. The van der Waals surface area contributed by atoms with Crippen LogP contribution in [0.1, 0.15) is 51.1 Å². The Balaban J connectivity index is 1.88. The normalized spacial score (nSPS) is 20.8. The van der Waals surface area contributed by atoms with Gasteiger partial charge in [-0.2, -0.15) is 0 Å². The fraction of sp³-hybridized carbons (Fsp3) is 0.562. The van der Waals surface area contributed by atoms with Crippen LogP contribution in [0.15, 0.2) is 30.3 Å². The first-order valence-electron chi connectivity index (χ1n) is 7.09. The topological polar surface area (TPSA) is 55.1 Å². The number of nitrogens with two attached hydrogens (primary N) is 1. The zero-order chi connectivity index (χ0) is 13.9. The second-order valence-corrected chi connectivity index (χ2v) is 6.34. The Morgan fingerprint density at radius 3 is 2.42 bits per heavy atom. The molecule has 1 saturated carbocycles. The molecule has 0 radical (unpaired) electrons. The van der Waals surface area contributed by atoms with Crippen molar-refractivity contribution in [2.45, 2.75) is 51.6 Å². The zero-order valence-electron chi connectivity index (χ0n) is 11.9. The molecule has 0 aromatic heterocycles. The van der Waals surface area contributed by atoms with E-state index >= 15 is 0 Å². The second-order valence-electron chi connectivity index (χ2n) is 6.34. The lowest BCUT2D eigenvalue weighted by atomic mass is 9.75. The summed E-state index contributed by atoms with van der Waals surface area (Å²) in [5.41, 5.74) is 7.29. The molecule has 3 N–H and O–H groups in total. The van der Waals surface area contributed by atoms with Crippen LogP contribution in [-0.4, -0.2) is 11.9 Å². The molecule has 3 heteroatoms. The maximum Gasteiger partial charge on any atom is 0.241 e. The molecule has 2 rings (SSSR count). The van der Waals surface area contributed by atoms with Crippen molar-refractivity contribution in [3.8, 4) is 0 Å². The number of hydrogen-bond acceptors (Lipinski definition) is 2. The van der Waals surface area contributed by atoms with E-state index in [2.05, 4.69) is 19.2 Å². The number of amides is 1. The summed E-state index contributed by atoms with van der Waals surface area (Å²) in [7, 11) is 0. The van der Waals surface area contributed by atoms with Gasteiger partial charge in [0.15, 0.2) is 0 Å². The van der Waals surface area contributed by atoms with E-state index < -0.39 is 6.04 Å². The summed E-state index contributed by atoms with van der Waals surface area (Å²) in [4.78, 5) is 12.1. The van der Waals surface area contributed by atoms with Gasteiger partial charge in [0, 0.05) is 6.04 Å². The molecular formula is C16H24N2O. The molecule has 19 heavy (non-hydrogen) atoms. The highest BCUT2D eigenvalue weighted by Crippen LogP contribution is 2.35. The molecule has 104 valence electrons. The summed E-state index contributed by atoms with van der Waals surface area (Å²) in [5, 5.41) is 3.09. The molecule has 0 bridgehead atoms. The van der Waals surface area contributed by atoms with Gasteiger partial charge in [-0.3, -0.25) is 4.79 Å². The maximum absolute atomic E-state index is 12.1. The Hall–Kier alpha value is -1.35. The van der Waals surface area contributed by atoms with Gasteiger partial charge in [0.1, 0.15) is 6.04 Å². The standard InChI is InChI=1S/C16H24N2O/c1-16(2)10-8-13(9-11-16)18-15(19)14(17)12-6-4-3-5-7-12/h3-7,13-14H,8-11,17H2,1-2H3,(H,18,19)/t14-/m1/s1. The van der Waals surface area contributed by atoms with Crippen molar-refractivity contribution in [3.05, 3.63) is 35.9 Å². The van der Waals surface area contributed by atoms with Crippen LogP contribution in [0.4, 0.5) is 0 Å². The van der Waals surface area contributed by atoms with Crippen LogP contribution < -0.4 is 11.1 Å². The van der Waals surface area contributed by atoms with E-state index in [1.54, 1.807) is 0 Å². The maximum atomic E-state index is 12.1. The van der Waals surface area contributed by atoms with E-state index in [1.807, 2.05) is 30.3 Å². The van der Waals surface area contributed by atoms with E-state index in [0.717, 1.165) is 18.4 Å². The third kappa shape index (κ3) is 3.80. The predicted octanol–water partition coefficient (Wildman–Crippen LogP) is 2.77. The molecule has 1 aromatic carbocycles. The van der Waals surface area contributed by atoms with E-state index in [-0.39, 0.29) is 11.9 Å². The van der Waals surface area contributed by atoms with Crippen molar-refractivity contribution in [1.29, 1.82) is 0 Å². The van der Waals surface area contributed by atoms with Crippen LogP contribution in [0.3, 0.4) is 0 Å². The number of benzene rings is 1. The van der Waals surface area contributed by atoms with Crippen LogP contribution in [0.5, 0.6) is 0 Å². The fourth-order valence-electron chi connectivity index (χ4n) is 2.65. The van der Waals surface area contributed by atoms with Gasteiger partial charge in [0.2, 0.25) is 5.91 Å². The van der Waals surface area contributed by atoms with Gasteiger partial charge in [0.25, 0.3) is 0 Å². The summed E-state index contributed by atoms with van der Waals surface area (Å²) >= 11 is 0. The Labute approximate surface area is 115 Å². The number of carbonyl (C=O) groups excluding carboxylic acids is 1. The monoisotopic (exact) mass is 260 g/mol. The molecule has 3 nitrogen and oxygen atoms in total. The summed E-state index contributed by atoms with van der Waals surface area (Å²) in [6, 6.07) is 9.27. The van der Waals surface area contributed by atoms with Crippen molar-refractivity contribution in [2.24, 2.45) is 11.1 Å². The van der Waals surface area contributed by atoms with E-state index in [1.165, 1.54) is 12.8 Å². The second kappa shape index (κ2) is 5.74. The van der Waals surface area contributed by atoms with Crippen molar-refractivity contribution < 1.29 is 4.79 Å². The van der Waals surface area contributed by atoms with Crippen molar-refractivity contribution in [1.82, 2.24) is 5.32 Å². The summed E-state index contributed by atoms with van der Waals surface area (Å²) in [6.45, 7) is 4.58. The summed E-state index contributed by atoms with van der Waals surface area (Å²) in [5.74, 6) is -0.0593. The molecular weight excluding hydrogens is 236 g/mol. The first-order chi connectivity index (χ1) is 8.98. The van der Waals surface area contributed by atoms with Gasteiger partial charge in [-0.15, -0.1) is 0 Å². The number of rotatable bonds is 3. The van der Waals surface area contributed by atoms with Crippen molar-refractivity contribution in [3.63, 3.8) is 0 Å². The average molecular weight is 260 g/mol. The Kier molecular flexibility index (Phi) is 4.25. The SMILES string of the molecule is CC1(C)CCC(NC(=O)[C@H](N)c2ccccc2)CC1. The molecule has 1 aromatic rings. The molecule has 1 atom stereocenters.